The Balaban J connectivity index is 1.36. The monoisotopic (exact) mass is 841 g/mol. The first-order chi connectivity index (χ1) is 31.8. The van der Waals surface area contributed by atoms with Crippen molar-refractivity contribution in [2.45, 2.75) is 122 Å². The van der Waals surface area contributed by atoms with Crippen LogP contribution in [0.1, 0.15) is 123 Å². The summed E-state index contributed by atoms with van der Waals surface area (Å²) in [6.07, 6.45) is 36.3. The highest BCUT2D eigenvalue weighted by Gasteiger charge is 2.44. The number of para-hydroxylation sites is 2. The van der Waals surface area contributed by atoms with Gasteiger partial charge >= 0.3 is 0 Å². The van der Waals surface area contributed by atoms with E-state index in [-0.39, 0.29) is 10.8 Å². The van der Waals surface area contributed by atoms with Crippen LogP contribution in [0.4, 0.5) is 11.4 Å². The van der Waals surface area contributed by atoms with E-state index in [4.69, 9.17) is 6.42 Å². The number of hydrogen-bond acceptors (Lipinski definition) is 1. The number of anilines is 1. The molecule has 4 rings (SSSR count). The molecule has 318 valence electrons. The lowest BCUT2D eigenvalue weighted by atomic mass is 9.81. The fourth-order valence-electron chi connectivity index (χ4n) is 7.78. The first-order valence-corrected chi connectivity index (χ1v) is 22.7. The molecule has 2 aromatic carbocycles. The van der Waals surface area contributed by atoms with Crippen LogP contribution in [0.5, 0.6) is 0 Å². The minimum absolute atomic E-state index is 0.0616. The van der Waals surface area contributed by atoms with Gasteiger partial charge in [-0.25, -0.2) is 0 Å². The molecule has 0 atom stereocenters. The Kier molecular flexibility index (Phi) is 21.9. The Hall–Kier alpha value is -7.97. The number of rotatable bonds is 17. The molecule has 0 bridgehead atoms. The molecule has 2 nitrogen and oxygen atoms in total. The van der Waals surface area contributed by atoms with Crippen molar-refractivity contribution in [2.24, 2.45) is 0 Å². The van der Waals surface area contributed by atoms with Crippen LogP contribution in [0.15, 0.2) is 96.8 Å². The highest BCUT2D eigenvalue weighted by Crippen LogP contribution is 2.47. The summed E-state index contributed by atoms with van der Waals surface area (Å²) in [5.41, 5.74) is 7.11. The van der Waals surface area contributed by atoms with Gasteiger partial charge in [0.25, 0.3) is 0 Å². The highest BCUT2D eigenvalue weighted by atomic mass is 15.2. The van der Waals surface area contributed by atoms with Crippen LogP contribution in [-0.2, 0) is 10.8 Å². The van der Waals surface area contributed by atoms with Crippen molar-refractivity contribution < 1.29 is 4.58 Å². The van der Waals surface area contributed by atoms with Crippen LogP contribution in [-0.4, -0.2) is 16.8 Å². The quantitative estimate of drug-likeness (QED) is 0.0666. The maximum Gasteiger partial charge on any atom is 0.243 e. The molecule has 0 amide bonds. The highest BCUT2D eigenvalue weighted by molar-refractivity contribution is 6.03. The van der Waals surface area contributed by atoms with Gasteiger partial charge < -0.3 is 4.90 Å². The molecule has 0 spiro atoms. The Morgan fingerprint density at radius 3 is 1.49 bits per heavy atom. The van der Waals surface area contributed by atoms with E-state index in [0.29, 0.717) is 0 Å². The topological polar surface area (TPSA) is 6.25 Å². The second-order valence-corrected chi connectivity index (χ2v) is 16.4. The molecule has 0 saturated carbocycles. The van der Waals surface area contributed by atoms with Gasteiger partial charge in [-0.05, 0) is 85.3 Å². The van der Waals surface area contributed by atoms with E-state index in [1.807, 2.05) is 10.6 Å². The van der Waals surface area contributed by atoms with Gasteiger partial charge in [0, 0.05) is 106 Å². The normalized spacial score (nSPS) is 13.5. The van der Waals surface area contributed by atoms with Crippen molar-refractivity contribution in [1.29, 1.82) is 0 Å². The number of nitrogens with zero attached hydrogens (tertiary/aromatic N) is 2. The number of terminal acetylenes is 1. The van der Waals surface area contributed by atoms with Crippen molar-refractivity contribution in [3.05, 3.63) is 108 Å². The average Bonchev–Trinajstić information content (AvgIpc) is 3.66. The zero-order chi connectivity index (χ0) is 46.3. The fourth-order valence-corrected chi connectivity index (χ4v) is 7.78. The maximum absolute atomic E-state index is 5.00. The molecular weight excluding hydrogens is 785 g/mol. The predicted octanol–water partition coefficient (Wildman–Crippen LogP) is 11.7. The Bertz CT molecular complexity index is 2880. The van der Waals surface area contributed by atoms with Crippen LogP contribution >= 0.6 is 0 Å². The van der Waals surface area contributed by atoms with E-state index in [2.05, 4.69) is 249 Å². The summed E-state index contributed by atoms with van der Waals surface area (Å²) in [6, 6.07) is 20.5. The molecule has 0 N–H and O–H groups in total. The van der Waals surface area contributed by atoms with Gasteiger partial charge in [-0.1, -0.05) is 158 Å². The standard InChI is InChI=1S/C63H57N2/c1-7-9-11-13-15-17-19-21-22-23-24-25-26-27-28-30-32-34-39-47-55-65-59-51-45-43-49-57(59)63(5,6)61(65)53-41-37-35-36-40-52-60-62(3,4)56-48-42-44-50-58(56)64(60)54-46-38-33-31-29-20-18-16-14-12-10-8-2/h1,35-37,40-45,48-53H,8,10,12,14,16,18,20,29,31,33,38,46,54H2,2-6H3/q+1. The molecule has 0 radical (unpaired) electrons. The van der Waals surface area contributed by atoms with Gasteiger partial charge in [0.15, 0.2) is 0 Å². The fraction of sp³-hybridized carbons (Fsp3) is 0.317. The third-order valence-corrected chi connectivity index (χ3v) is 11.1. The summed E-state index contributed by atoms with van der Waals surface area (Å²) < 4.78 is 2.02. The Morgan fingerprint density at radius 2 is 0.938 bits per heavy atom. The summed E-state index contributed by atoms with van der Waals surface area (Å²) in [4.78, 5) is 2.56. The van der Waals surface area contributed by atoms with Crippen molar-refractivity contribution in [3.8, 4) is 131 Å². The molecule has 0 aromatic heterocycles. The van der Waals surface area contributed by atoms with E-state index in [0.717, 1.165) is 17.9 Å². The first kappa shape index (κ1) is 49.7. The molecule has 2 heteroatoms. The molecule has 65 heavy (non-hydrogen) atoms. The number of benzene rings is 2. The molecule has 0 unspecified atom stereocenters. The Labute approximate surface area is 392 Å². The van der Waals surface area contributed by atoms with E-state index in [9.17, 15) is 0 Å². The molecule has 2 aromatic rings. The van der Waals surface area contributed by atoms with Gasteiger partial charge in [-0.3, -0.25) is 0 Å². The Morgan fingerprint density at radius 1 is 0.492 bits per heavy atom. The van der Waals surface area contributed by atoms with Gasteiger partial charge in [0.2, 0.25) is 17.4 Å². The van der Waals surface area contributed by atoms with Gasteiger partial charge in [-0.15, -0.1) is 11.0 Å². The van der Waals surface area contributed by atoms with Crippen LogP contribution < -0.4 is 4.90 Å². The van der Waals surface area contributed by atoms with Crippen molar-refractivity contribution in [1.82, 2.24) is 0 Å². The molecule has 2 aliphatic rings. The molecule has 0 fully saturated rings. The maximum atomic E-state index is 5.00. The first-order valence-electron chi connectivity index (χ1n) is 22.7. The van der Waals surface area contributed by atoms with Crippen molar-refractivity contribution in [2.75, 3.05) is 11.4 Å². The third kappa shape index (κ3) is 16.3. The van der Waals surface area contributed by atoms with Gasteiger partial charge in [0.1, 0.15) is 0 Å². The number of hydrogen-bond donors (Lipinski definition) is 0. The van der Waals surface area contributed by atoms with Gasteiger partial charge in [0.05, 0.1) is 11.3 Å². The summed E-state index contributed by atoms with van der Waals surface area (Å²) in [6.45, 7) is 12.5. The van der Waals surface area contributed by atoms with Crippen LogP contribution in [0.3, 0.4) is 0 Å². The average molecular weight is 842 g/mol. The third-order valence-electron chi connectivity index (χ3n) is 11.1. The van der Waals surface area contributed by atoms with Crippen LogP contribution in [0.25, 0.3) is 0 Å². The van der Waals surface area contributed by atoms with Gasteiger partial charge in [-0.2, -0.15) is 0 Å². The summed E-state index contributed by atoms with van der Waals surface area (Å²) in [5, 5.41) is 0. The molecule has 2 aliphatic heterocycles. The zero-order valence-electron chi connectivity index (χ0n) is 38.8. The molecule has 0 aliphatic carbocycles. The van der Waals surface area contributed by atoms with Crippen molar-refractivity contribution in [3.63, 3.8) is 0 Å². The van der Waals surface area contributed by atoms with E-state index >= 15 is 0 Å². The largest absolute Gasteiger partial charge is 0.344 e. The minimum Gasteiger partial charge on any atom is -0.344 e. The lowest BCUT2D eigenvalue weighted by molar-refractivity contribution is -0.332. The van der Waals surface area contributed by atoms with E-state index < -0.39 is 0 Å². The van der Waals surface area contributed by atoms with E-state index in [1.165, 1.54) is 99.6 Å². The second kappa shape index (κ2) is 28.6. The zero-order valence-corrected chi connectivity index (χ0v) is 38.8. The second-order valence-electron chi connectivity index (χ2n) is 16.4. The lowest BCUT2D eigenvalue weighted by Gasteiger charge is -2.27. The summed E-state index contributed by atoms with van der Waals surface area (Å²) >= 11 is 0. The number of allylic oxidation sites excluding steroid dienone is 8. The summed E-state index contributed by atoms with van der Waals surface area (Å²) in [7, 11) is 0. The summed E-state index contributed by atoms with van der Waals surface area (Å²) in [5.74, 6) is 51.6. The number of fused-ring (bicyclic) bond motifs is 2. The van der Waals surface area contributed by atoms with E-state index in [1.54, 1.807) is 0 Å². The van der Waals surface area contributed by atoms with Crippen molar-refractivity contribution >= 4 is 17.1 Å². The molecule has 0 saturated heterocycles. The van der Waals surface area contributed by atoms with Crippen LogP contribution in [0, 0.1) is 131 Å². The lowest BCUT2D eigenvalue weighted by Crippen LogP contribution is -2.27. The van der Waals surface area contributed by atoms with Crippen LogP contribution in [0.2, 0.25) is 0 Å². The number of unbranched alkanes of at least 4 members (excludes halogenated alkanes) is 11. The predicted molar refractivity (Wildman–Crippen MR) is 274 cm³/mol. The minimum atomic E-state index is -0.251. The SMILES string of the molecule is C#CC#CC#CC#CC#CC#CC#CC#CC#CC#CC#C[N+]1=C(/C=C/C=C/C=C/C=C2\N(CCCCCCCCCCCCCC)c3ccccc3C2(C)C)C(C)(C)c2ccccc21. The smallest absolute Gasteiger partial charge is 0.243 e. The molecule has 2 heterocycles. The molecular formula is C63H57N2+.